The normalized spacial score (nSPS) is 19.3. The molecule has 1 amide bonds. The van der Waals surface area contributed by atoms with E-state index in [4.69, 9.17) is 0 Å². The maximum absolute atomic E-state index is 13.0. The van der Waals surface area contributed by atoms with Crippen LogP contribution in [0.5, 0.6) is 0 Å². The third kappa shape index (κ3) is 3.95. The average molecular weight is 405 g/mol. The highest BCUT2D eigenvalue weighted by Gasteiger charge is 2.32. The predicted molar refractivity (Wildman–Crippen MR) is 115 cm³/mol. The molecule has 0 radical (unpaired) electrons. The SMILES string of the molecule is O=C(C1Cc2ccccc2S1)N1CCN(Cc2cnn(-c3ccccc3)c2)CC1. The molecule has 1 aromatic heterocycles. The van der Waals surface area contributed by atoms with E-state index in [0.29, 0.717) is 5.91 Å². The molecule has 5 nitrogen and oxygen atoms in total. The van der Waals surface area contributed by atoms with E-state index in [1.54, 1.807) is 11.8 Å². The molecule has 1 fully saturated rings. The van der Waals surface area contributed by atoms with E-state index in [9.17, 15) is 4.79 Å². The van der Waals surface area contributed by atoms with E-state index in [1.165, 1.54) is 16.0 Å². The van der Waals surface area contributed by atoms with Crippen molar-refractivity contribution in [3.8, 4) is 5.69 Å². The molecule has 29 heavy (non-hydrogen) atoms. The minimum absolute atomic E-state index is 0.0445. The van der Waals surface area contributed by atoms with Crippen molar-refractivity contribution in [2.45, 2.75) is 23.1 Å². The first-order chi connectivity index (χ1) is 14.3. The molecule has 0 bridgehead atoms. The molecule has 0 spiro atoms. The van der Waals surface area contributed by atoms with Crippen LogP contribution in [0.4, 0.5) is 0 Å². The van der Waals surface area contributed by atoms with Crippen molar-refractivity contribution in [3.05, 3.63) is 78.1 Å². The second kappa shape index (κ2) is 8.05. The first-order valence-corrected chi connectivity index (χ1v) is 11.0. The fraction of sp³-hybridized carbons (Fsp3) is 0.304. The number of carbonyl (C=O) groups excluding carboxylic acids is 1. The molecule has 148 valence electrons. The van der Waals surface area contributed by atoms with Gasteiger partial charge in [-0.3, -0.25) is 9.69 Å². The van der Waals surface area contributed by atoms with Crippen LogP contribution in [-0.2, 0) is 17.8 Å². The number of benzene rings is 2. The lowest BCUT2D eigenvalue weighted by Crippen LogP contribution is -2.50. The lowest BCUT2D eigenvalue weighted by atomic mass is 10.1. The summed E-state index contributed by atoms with van der Waals surface area (Å²) in [5.74, 6) is 0.294. The Morgan fingerprint density at radius 3 is 2.55 bits per heavy atom. The van der Waals surface area contributed by atoms with Crippen LogP contribution in [0.1, 0.15) is 11.1 Å². The maximum atomic E-state index is 13.0. The summed E-state index contributed by atoms with van der Waals surface area (Å²) < 4.78 is 1.92. The van der Waals surface area contributed by atoms with Crippen molar-refractivity contribution in [2.24, 2.45) is 0 Å². The van der Waals surface area contributed by atoms with Gasteiger partial charge in [0.15, 0.2) is 0 Å². The number of hydrogen-bond donors (Lipinski definition) is 0. The topological polar surface area (TPSA) is 41.4 Å². The first kappa shape index (κ1) is 18.5. The fourth-order valence-corrected chi connectivity index (χ4v) is 5.35. The summed E-state index contributed by atoms with van der Waals surface area (Å²) in [5.41, 5.74) is 3.59. The van der Waals surface area contributed by atoms with Gasteiger partial charge in [-0.05, 0) is 30.2 Å². The Hall–Kier alpha value is -2.57. The lowest BCUT2D eigenvalue weighted by Gasteiger charge is -2.35. The molecule has 0 saturated carbocycles. The number of hydrogen-bond acceptors (Lipinski definition) is 4. The van der Waals surface area contributed by atoms with Gasteiger partial charge in [0.2, 0.25) is 5.91 Å². The van der Waals surface area contributed by atoms with Crippen molar-refractivity contribution >= 4 is 17.7 Å². The summed E-state index contributed by atoms with van der Waals surface area (Å²) in [6, 6.07) is 18.5. The number of fused-ring (bicyclic) bond motifs is 1. The van der Waals surface area contributed by atoms with E-state index in [0.717, 1.165) is 44.8 Å². The molecule has 0 aliphatic carbocycles. The van der Waals surface area contributed by atoms with Gasteiger partial charge in [-0.25, -0.2) is 4.68 Å². The summed E-state index contributed by atoms with van der Waals surface area (Å²) in [4.78, 5) is 18.7. The van der Waals surface area contributed by atoms with Crippen LogP contribution in [0.25, 0.3) is 5.69 Å². The van der Waals surface area contributed by atoms with Crippen LogP contribution < -0.4 is 0 Å². The highest BCUT2D eigenvalue weighted by atomic mass is 32.2. The largest absolute Gasteiger partial charge is 0.339 e. The molecule has 1 atom stereocenters. The van der Waals surface area contributed by atoms with Crippen molar-refractivity contribution in [3.63, 3.8) is 0 Å². The van der Waals surface area contributed by atoms with Crippen LogP contribution in [0.3, 0.4) is 0 Å². The number of rotatable bonds is 4. The molecule has 2 aromatic carbocycles. The number of nitrogens with zero attached hydrogens (tertiary/aromatic N) is 4. The van der Waals surface area contributed by atoms with Gasteiger partial charge in [0, 0.05) is 49.4 Å². The zero-order valence-corrected chi connectivity index (χ0v) is 17.1. The van der Waals surface area contributed by atoms with Gasteiger partial charge in [0.25, 0.3) is 0 Å². The van der Waals surface area contributed by atoms with Crippen LogP contribution in [-0.4, -0.2) is 56.9 Å². The number of thioether (sulfide) groups is 1. The summed E-state index contributed by atoms with van der Waals surface area (Å²) in [5, 5.41) is 4.53. The van der Waals surface area contributed by atoms with E-state index >= 15 is 0 Å². The van der Waals surface area contributed by atoms with Crippen LogP contribution in [0, 0.1) is 0 Å². The minimum Gasteiger partial charge on any atom is -0.339 e. The van der Waals surface area contributed by atoms with Crippen LogP contribution >= 0.6 is 11.8 Å². The van der Waals surface area contributed by atoms with Gasteiger partial charge in [-0.15, -0.1) is 11.8 Å². The van der Waals surface area contributed by atoms with Gasteiger partial charge in [0.05, 0.1) is 17.1 Å². The molecular weight excluding hydrogens is 380 g/mol. The molecule has 5 rings (SSSR count). The smallest absolute Gasteiger partial charge is 0.236 e. The molecule has 2 aliphatic heterocycles. The quantitative estimate of drug-likeness (QED) is 0.670. The van der Waals surface area contributed by atoms with Gasteiger partial charge in [0.1, 0.15) is 0 Å². The Morgan fingerprint density at radius 1 is 1.00 bits per heavy atom. The molecule has 6 heteroatoms. The van der Waals surface area contributed by atoms with Gasteiger partial charge in [-0.1, -0.05) is 36.4 Å². The standard InChI is InChI=1S/C23H24N4OS/c28-23(22-14-19-6-4-5-9-21(19)29-22)26-12-10-25(11-13-26)16-18-15-24-27(17-18)20-7-2-1-3-8-20/h1-9,15,17,22H,10-14,16H2. The van der Waals surface area contributed by atoms with E-state index < -0.39 is 0 Å². The third-order valence-electron chi connectivity index (χ3n) is 5.67. The van der Waals surface area contributed by atoms with E-state index in [1.807, 2.05) is 34.0 Å². The highest BCUT2D eigenvalue weighted by molar-refractivity contribution is 8.01. The zero-order valence-electron chi connectivity index (χ0n) is 16.3. The van der Waals surface area contributed by atoms with Crippen molar-refractivity contribution < 1.29 is 4.79 Å². The van der Waals surface area contributed by atoms with Crippen molar-refractivity contribution in [1.82, 2.24) is 19.6 Å². The second-order valence-electron chi connectivity index (χ2n) is 7.65. The molecular formula is C23H24N4OS. The number of amides is 1. The monoisotopic (exact) mass is 404 g/mol. The lowest BCUT2D eigenvalue weighted by molar-refractivity contribution is -0.132. The zero-order chi connectivity index (χ0) is 19.6. The Labute approximate surface area is 175 Å². The third-order valence-corrected chi connectivity index (χ3v) is 6.97. The Morgan fingerprint density at radius 2 is 1.76 bits per heavy atom. The van der Waals surface area contributed by atoms with E-state index in [2.05, 4.69) is 52.6 Å². The predicted octanol–water partition coefficient (Wildman–Crippen LogP) is 3.23. The van der Waals surface area contributed by atoms with Crippen LogP contribution in [0.15, 0.2) is 71.9 Å². The van der Waals surface area contributed by atoms with Crippen molar-refractivity contribution in [1.29, 1.82) is 0 Å². The Bertz CT molecular complexity index is 970. The minimum atomic E-state index is 0.0445. The average Bonchev–Trinajstić information content (AvgIpc) is 3.41. The van der Waals surface area contributed by atoms with Gasteiger partial charge in [-0.2, -0.15) is 5.10 Å². The Balaban J connectivity index is 1.14. The molecule has 0 N–H and O–H groups in total. The molecule has 2 aliphatic rings. The van der Waals surface area contributed by atoms with Gasteiger partial charge < -0.3 is 4.90 Å². The summed E-state index contributed by atoms with van der Waals surface area (Å²) >= 11 is 1.73. The summed E-state index contributed by atoms with van der Waals surface area (Å²) in [7, 11) is 0. The highest BCUT2D eigenvalue weighted by Crippen LogP contribution is 2.37. The van der Waals surface area contributed by atoms with Gasteiger partial charge >= 0.3 is 0 Å². The molecule has 1 unspecified atom stereocenters. The summed E-state index contributed by atoms with van der Waals surface area (Å²) in [6.45, 7) is 4.30. The second-order valence-corrected chi connectivity index (χ2v) is 8.89. The van der Waals surface area contributed by atoms with E-state index in [-0.39, 0.29) is 5.25 Å². The number of piperazine rings is 1. The molecule has 3 heterocycles. The summed E-state index contributed by atoms with van der Waals surface area (Å²) in [6.07, 6.45) is 4.90. The number of aromatic nitrogens is 2. The maximum Gasteiger partial charge on any atom is 0.236 e. The Kier molecular flexibility index (Phi) is 5.12. The molecule has 1 saturated heterocycles. The van der Waals surface area contributed by atoms with Crippen LogP contribution in [0.2, 0.25) is 0 Å². The van der Waals surface area contributed by atoms with Crippen molar-refractivity contribution in [2.75, 3.05) is 26.2 Å². The first-order valence-electron chi connectivity index (χ1n) is 10.1. The number of carbonyl (C=O) groups is 1. The number of para-hydroxylation sites is 1. The molecule has 3 aromatic rings. The fourth-order valence-electron chi connectivity index (χ4n) is 4.07.